The van der Waals surface area contributed by atoms with Gasteiger partial charge in [0.1, 0.15) is 34.4 Å². The Hall–Kier alpha value is -2.63. The lowest BCUT2D eigenvalue weighted by atomic mass is 10.1. The molecule has 2 rings (SSSR count). The summed E-state index contributed by atoms with van der Waals surface area (Å²) in [5.41, 5.74) is -0.458. The minimum absolute atomic E-state index is 0.0603. The molecule has 21 heavy (non-hydrogen) atoms. The summed E-state index contributed by atoms with van der Waals surface area (Å²) < 4.78 is 37.3. The van der Waals surface area contributed by atoms with E-state index in [0.29, 0.717) is 0 Å². The van der Waals surface area contributed by atoms with E-state index < -0.39 is 23.2 Å². The number of methoxy groups -OCH3 is 2. The first-order valence-corrected chi connectivity index (χ1v) is 6.04. The van der Waals surface area contributed by atoms with E-state index in [-0.39, 0.29) is 17.1 Å². The molecular weight excluding hydrogens is 280 g/mol. The van der Waals surface area contributed by atoms with E-state index in [0.717, 1.165) is 12.1 Å². The monoisotopic (exact) mass is 293 g/mol. The molecule has 0 saturated heterocycles. The van der Waals surface area contributed by atoms with Crippen molar-refractivity contribution in [3.8, 4) is 11.5 Å². The van der Waals surface area contributed by atoms with Gasteiger partial charge in [-0.1, -0.05) is 12.1 Å². The molecule has 110 valence electrons. The molecule has 0 aliphatic heterocycles. The molecule has 0 unspecified atom stereocenters. The number of rotatable bonds is 4. The summed E-state index contributed by atoms with van der Waals surface area (Å²) in [6.45, 7) is 0. The number of ether oxygens (including phenoxy) is 2. The van der Waals surface area contributed by atoms with E-state index >= 15 is 0 Å². The second-order valence-electron chi connectivity index (χ2n) is 4.09. The molecule has 2 aromatic carbocycles. The first kappa shape index (κ1) is 14.8. The van der Waals surface area contributed by atoms with Gasteiger partial charge in [0.15, 0.2) is 0 Å². The summed E-state index contributed by atoms with van der Waals surface area (Å²) in [4.78, 5) is 12.3. The third-order valence-corrected chi connectivity index (χ3v) is 2.86. The molecule has 0 spiro atoms. The van der Waals surface area contributed by atoms with Gasteiger partial charge in [-0.3, -0.25) is 4.79 Å². The number of carbonyl (C=O) groups excluding carboxylic acids is 1. The second kappa shape index (κ2) is 6.21. The molecule has 0 aliphatic carbocycles. The molecule has 0 atom stereocenters. The Bertz CT molecular complexity index is 631. The lowest BCUT2D eigenvalue weighted by Crippen LogP contribution is -2.16. The molecule has 1 amide bonds. The van der Waals surface area contributed by atoms with Gasteiger partial charge in [-0.15, -0.1) is 0 Å². The highest BCUT2D eigenvalue weighted by atomic mass is 19.1. The maximum Gasteiger partial charge on any atom is 0.263 e. The average Bonchev–Trinajstić information content (AvgIpc) is 2.49. The van der Waals surface area contributed by atoms with Crippen LogP contribution in [-0.2, 0) is 0 Å². The molecule has 6 heteroatoms. The zero-order chi connectivity index (χ0) is 15.4. The van der Waals surface area contributed by atoms with E-state index in [2.05, 4.69) is 5.32 Å². The van der Waals surface area contributed by atoms with Crippen LogP contribution < -0.4 is 14.8 Å². The van der Waals surface area contributed by atoms with Crippen molar-refractivity contribution in [2.45, 2.75) is 0 Å². The van der Waals surface area contributed by atoms with Gasteiger partial charge < -0.3 is 14.8 Å². The van der Waals surface area contributed by atoms with E-state index in [1.54, 1.807) is 18.2 Å². The van der Waals surface area contributed by atoms with Crippen LogP contribution in [0.15, 0.2) is 36.4 Å². The number of halogens is 2. The minimum atomic E-state index is -0.864. The van der Waals surface area contributed by atoms with Crippen molar-refractivity contribution in [2.75, 3.05) is 19.5 Å². The van der Waals surface area contributed by atoms with Gasteiger partial charge in [0.25, 0.3) is 5.91 Å². The van der Waals surface area contributed by atoms with Crippen LogP contribution in [0.25, 0.3) is 0 Å². The Kier molecular flexibility index (Phi) is 4.37. The standard InChI is InChI=1S/C15H13F2NO3/c1-20-11-7-4-8-12(21-2)13(11)15(19)18-14-9(16)5-3-6-10(14)17/h3-8H,1-2H3,(H,18,19). The van der Waals surface area contributed by atoms with E-state index in [4.69, 9.17) is 9.47 Å². The Morgan fingerprint density at radius 3 is 1.90 bits per heavy atom. The number of hydrogen-bond donors (Lipinski definition) is 1. The molecule has 4 nitrogen and oxygen atoms in total. The highest BCUT2D eigenvalue weighted by Gasteiger charge is 2.20. The maximum absolute atomic E-state index is 13.6. The van der Waals surface area contributed by atoms with E-state index in [1.807, 2.05) is 0 Å². The number of benzene rings is 2. The third kappa shape index (κ3) is 2.94. The summed E-state index contributed by atoms with van der Waals surface area (Å²) in [5.74, 6) is -1.98. The SMILES string of the molecule is COc1cccc(OC)c1C(=O)Nc1c(F)cccc1F. The number of nitrogens with one attached hydrogen (secondary N) is 1. The van der Waals surface area contributed by atoms with Crippen LogP contribution >= 0.6 is 0 Å². The number of anilines is 1. The van der Waals surface area contributed by atoms with Crippen LogP contribution in [0.2, 0.25) is 0 Å². The van der Waals surface area contributed by atoms with Crippen molar-refractivity contribution in [3.63, 3.8) is 0 Å². The van der Waals surface area contributed by atoms with Gasteiger partial charge in [-0.2, -0.15) is 0 Å². The minimum Gasteiger partial charge on any atom is -0.496 e. The lowest BCUT2D eigenvalue weighted by Gasteiger charge is -2.13. The lowest BCUT2D eigenvalue weighted by molar-refractivity contribution is 0.102. The van der Waals surface area contributed by atoms with Crippen molar-refractivity contribution in [1.82, 2.24) is 0 Å². The first-order valence-electron chi connectivity index (χ1n) is 6.04. The zero-order valence-corrected chi connectivity index (χ0v) is 11.4. The highest BCUT2D eigenvalue weighted by Crippen LogP contribution is 2.29. The predicted molar refractivity (Wildman–Crippen MR) is 73.9 cm³/mol. The van der Waals surface area contributed by atoms with Gasteiger partial charge in [-0.05, 0) is 24.3 Å². The fraction of sp³-hybridized carbons (Fsp3) is 0.133. The summed E-state index contributed by atoms with van der Waals surface area (Å²) in [5, 5.41) is 2.20. The fourth-order valence-electron chi connectivity index (χ4n) is 1.87. The van der Waals surface area contributed by atoms with Gasteiger partial charge >= 0.3 is 0 Å². The molecule has 0 radical (unpaired) electrons. The van der Waals surface area contributed by atoms with Gasteiger partial charge in [0.05, 0.1) is 14.2 Å². The number of carbonyl (C=O) groups is 1. The molecule has 0 aromatic heterocycles. The van der Waals surface area contributed by atoms with Crippen molar-refractivity contribution < 1.29 is 23.0 Å². The van der Waals surface area contributed by atoms with Crippen LogP contribution in [0.3, 0.4) is 0 Å². The Morgan fingerprint density at radius 2 is 1.43 bits per heavy atom. The topological polar surface area (TPSA) is 47.6 Å². The Labute approximate surface area is 120 Å². The van der Waals surface area contributed by atoms with Crippen LogP contribution in [0, 0.1) is 11.6 Å². The third-order valence-electron chi connectivity index (χ3n) is 2.86. The fourth-order valence-corrected chi connectivity index (χ4v) is 1.87. The normalized spacial score (nSPS) is 10.1. The van der Waals surface area contributed by atoms with Crippen molar-refractivity contribution in [3.05, 3.63) is 53.6 Å². The molecule has 1 N–H and O–H groups in total. The number of hydrogen-bond acceptors (Lipinski definition) is 3. The Balaban J connectivity index is 2.41. The van der Waals surface area contributed by atoms with Crippen LogP contribution in [-0.4, -0.2) is 20.1 Å². The van der Waals surface area contributed by atoms with Gasteiger partial charge in [-0.25, -0.2) is 8.78 Å². The van der Waals surface area contributed by atoms with Crippen LogP contribution in [0.4, 0.5) is 14.5 Å². The quantitative estimate of drug-likeness (QED) is 0.941. The molecular formula is C15H13F2NO3. The van der Waals surface area contributed by atoms with Gasteiger partial charge in [0.2, 0.25) is 0 Å². The summed E-state index contributed by atoms with van der Waals surface area (Å²) in [6.07, 6.45) is 0. The summed E-state index contributed by atoms with van der Waals surface area (Å²) >= 11 is 0. The number of para-hydroxylation sites is 1. The largest absolute Gasteiger partial charge is 0.496 e. The molecule has 0 fully saturated rings. The van der Waals surface area contributed by atoms with E-state index in [1.165, 1.54) is 20.3 Å². The molecule has 0 bridgehead atoms. The second-order valence-corrected chi connectivity index (χ2v) is 4.09. The molecule has 0 heterocycles. The number of amides is 1. The van der Waals surface area contributed by atoms with E-state index in [9.17, 15) is 13.6 Å². The summed E-state index contributed by atoms with van der Waals surface area (Å²) in [6, 6.07) is 8.06. The predicted octanol–water partition coefficient (Wildman–Crippen LogP) is 3.23. The molecule has 0 saturated carbocycles. The zero-order valence-electron chi connectivity index (χ0n) is 11.4. The van der Waals surface area contributed by atoms with Crippen molar-refractivity contribution >= 4 is 11.6 Å². The van der Waals surface area contributed by atoms with Crippen LogP contribution in [0.1, 0.15) is 10.4 Å². The average molecular weight is 293 g/mol. The molecule has 0 aliphatic rings. The van der Waals surface area contributed by atoms with Crippen molar-refractivity contribution in [1.29, 1.82) is 0 Å². The Morgan fingerprint density at radius 1 is 0.952 bits per heavy atom. The summed E-state index contributed by atoms with van der Waals surface area (Å²) in [7, 11) is 2.77. The van der Waals surface area contributed by atoms with Crippen LogP contribution in [0.5, 0.6) is 11.5 Å². The first-order chi connectivity index (χ1) is 10.1. The maximum atomic E-state index is 13.6. The van der Waals surface area contributed by atoms with Crippen molar-refractivity contribution in [2.24, 2.45) is 0 Å². The molecule has 2 aromatic rings. The highest BCUT2D eigenvalue weighted by molar-refractivity contribution is 6.08. The smallest absolute Gasteiger partial charge is 0.263 e. The van der Waals surface area contributed by atoms with Gasteiger partial charge in [0, 0.05) is 0 Å².